The van der Waals surface area contributed by atoms with E-state index in [2.05, 4.69) is 16.8 Å². The van der Waals surface area contributed by atoms with Gasteiger partial charge in [0.05, 0.1) is 0 Å². The van der Waals surface area contributed by atoms with Crippen LogP contribution < -0.4 is 16.4 Å². The lowest BCUT2D eigenvalue weighted by Gasteiger charge is -2.24. The maximum Gasteiger partial charge on any atom is 0.267 e. The third kappa shape index (κ3) is 3.72. The lowest BCUT2D eigenvalue weighted by Crippen LogP contribution is -2.26. The molecule has 0 unspecified atom stereocenters. The number of anilines is 2. The first-order valence-corrected chi connectivity index (χ1v) is 6.97. The van der Waals surface area contributed by atoms with Crippen molar-refractivity contribution in [1.29, 1.82) is 0 Å². The van der Waals surface area contributed by atoms with Crippen molar-refractivity contribution in [3.8, 4) is 0 Å². The van der Waals surface area contributed by atoms with Crippen molar-refractivity contribution in [3.63, 3.8) is 0 Å². The predicted octanol–water partition coefficient (Wildman–Crippen LogP) is 2.18. The minimum atomic E-state index is -0.521. The Hall–Kier alpha value is -2.56. The number of benzene rings is 1. The van der Waals surface area contributed by atoms with Crippen molar-refractivity contribution in [2.45, 2.75) is 19.9 Å². The summed E-state index contributed by atoms with van der Waals surface area (Å²) in [5, 5.41) is 0. The van der Waals surface area contributed by atoms with Gasteiger partial charge >= 0.3 is 0 Å². The summed E-state index contributed by atoms with van der Waals surface area (Å²) in [5.74, 6) is 0.212. The minimum Gasteiger partial charge on any atom is -0.398 e. The van der Waals surface area contributed by atoms with E-state index in [0.717, 1.165) is 30.0 Å². The fourth-order valence-corrected chi connectivity index (χ4v) is 2.16. The summed E-state index contributed by atoms with van der Waals surface area (Å²) in [6.07, 6.45) is 0.967. The SMILES string of the molecule is CCCN(Cc1ccccc1N)c1cccc(C(N)=O)n1. The van der Waals surface area contributed by atoms with Crippen molar-refractivity contribution >= 4 is 17.4 Å². The molecule has 1 aromatic carbocycles. The molecule has 2 aromatic rings. The zero-order valence-corrected chi connectivity index (χ0v) is 12.1. The van der Waals surface area contributed by atoms with Gasteiger partial charge in [-0.25, -0.2) is 4.98 Å². The Morgan fingerprint density at radius 2 is 1.95 bits per heavy atom. The molecular weight excluding hydrogens is 264 g/mol. The number of nitrogens with two attached hydrogens (primary N) is 2. The summed E-state index contributed by atoms with van der Waals surface area (Å²) in [7, 11) is 0. The molecule has 2 rings (SSSR count). The second kappa shape index (κ2) is 6.74. The van der Waals surface area contributed by atoms with Crippen LogP contribution in [0.3, 0.4) is 0 Å². The lowest BCUT2D eigenvalue weighted by molar-refractivity contribution is 0.0995. The van der Waals surface area contributed by atoms with Crippen LogP contribution in [0.15, 0.2) is 42.5 Å². The average Bonchev–Trinajstić information content (AvgIpc) is 2.49. The molecule has 1 aromatic heterocycles. The van der Waals surface area contributed by atoms with E-state index in [1.807, 2.05) is 30.3 Å². The number of hydrogen-bond donors (Lipinski definition) is 2. The van der Waals surface area contributed by atoms with Crippen LogP contribution in [0.4, 0.5) is 11.5 Å². The van der Waals surface area contributed by atoms with E-state index in [4.69, 9.17) is 11.5 Å². The van der Waals surface area contributed by atoms with E-state index < -0.39 is 5.91 Å². The molecule has 0 fully saturated rings. The molecule has 1 heterocycles. The first-order chi connectivity index (χ1) is 10.1. The monoisotopic (exact) mass is 284 g/mol. The molecule has 0 atom stereocenters. The Kier molecular flexibility index (Phi) is 4.77. The van der Waals surface area contributed by atoms with Gasteiger partial charge < -0.3 is 16.4 Å². The third-order valence-corrected chi connectivity index (χ3v) is 3.22. The Bertz CT molecular complexity index is 627. The minimum absolute atomic E-state index is 0.273. The van der Waals surface area contributed by atoms with Crippen LogP contribution in [-0.2, 0) is 6.54 Å². The van der Waals surface area contributed by atoms with Gasteiger partial charge in [-0.3, -0.25) is 4.79 Å². The van der Waals surface area contributed by atoms with Crippen LogP contribution >= 0.6 is 0 Å². The molecule has 0 radical (unpaired) electrons. The van der Waals surface area contributed by atoms with E-state index in [1.165, 1.54) is 0 Å². The molecule has 0 aliphatic heterocycles. The highest BCUT2D eigenvalue weighted by Gasteiger charge is 2.11. The summed E-state index contributed by atoms with van der Waals surface area (Å²) >= 11 is 0. The first-order valence-electron chi connectivity index (χ1n) is 6.97. The molecule has 4 N–H and O–H groups in total. The van der Waals surface area contributed by atoms with Gasteiger partial charge in [0.1, 0.15) is 11.5 Å². The molecule has 0 saturated heterocycles. The van der Waals surface area contributed by atoms with Gasteiger partial charge in [-0.05, 0) is 30.2 Å². The maximum atomic E-state index is 11.3. The zero-order valence-electron chi connectivity index (χ0n) is 12.1. The molecule has 5 nitrogen and oxygen atoms in total. The Balaban J connectivity index is 2.28. The van der Waals surface area contributed by atoms with Crippen LogP contribution in [0.5, 0.6) is 0 Å². The summed E-state index contributed by atoms with van der Waals surface area (Å²) in [4.78, 5) is 17.7. The molecule has 110 valence electrons. The average molecular weight is 284 g/mol. The number of rotatable bonds is 6. The number of carbonyl (C=O) groups excluding carboxylic acids is 1. The number of amides is 1. The lowest BCUT2D eigenvalue weighted by atomic mass is 10.1. The van der Waals surface area contributed by atoms with E-state index >= 15 is 0 Å². The van der Waals surface area contributed by atoms with Gasteiger partial charge in [0.2, 0.25) is 0 Å². The van der Waals surface area contributed by atoms with E-state index in [9.17, 15) is 4.79 Å². The molecule has 0 aliphatic rings. The number of aromatic nitrogens is 1. The van der Waals surface area contributed by atoms with E-state index in [1.54, 1.807) is 12.1 Å². The summed E-state index contributed by atoms with van der Waals surface area (Å²) in [5.41, 5.74) is 13.4. The second-order valence-corrected chi connectivity index (χ2v) is 4.87. The summed E-state index contributed by atoms with van der Waals surface area (Å²) in [6.45, 7) is 3.57. The Labute approximate surface area is 124 Å². The summed E-state index contributed by atoms with van der Waals surface area (Å²) in [6, 6.07) is 13.0. The normalized spacial score (nSPS) is 10.3. The van der Waals surface area contributed by atoms with Crippen molar-refractivity contribution < 1.29 is 4.79 Å². The van der Waals surface area contributed by atoms with Crippen molar-refractivity contribution in [2.24, 2.45) is 5.73 Å². The highest BCUT2D eigenvalue weighted by Crippen LogP contribution is 2.19. The Morgan fingerprint density at radius 3 is 2.62 bits per heavy atom. The largest absolute Gasteiger partial charge is 0.398 e. The number of primary amides is 1. The van der Waals surface area contributed by atoms with Gasteiger partial charge in [-0.1, -0.05) is 31.2 Å². The number of nitrogens with zero attached hydrogens (tertiary/aromatic N) is 2. The molecular formula is C16H20N4O. The Morgan fingerprint density at radius 1 is 1.19 bits per heavy atom. The van der Waals surface area contributed by atoms with Crippen LogP contribution in [0, 0.1) is 0 Å². The smallest absolute Gasteiger partial charge is 0.267 e. The molecule has 1 amide bonds. The van der Waals surface area contributed by atoms with Crippen molar-refractivity contribution in [1.82, 2.24) is 4.98 Å². The third-order valence-electron chi connectivity index (χ3n) is 3.22. The maximum absolute atomic E-state index is 11.3. The topological polar surface area (TPSA) is 85.2 Å². The standard InChI is InChI=1S/C16H20N4O/c1-2-10-20(11-12-6-3-4-7-13(12)17)15-9-5-8-14(19-15)16(18)21/h3-9H,2,10-11,17H2,1H3,(H2,18,21). The van der Waals surface area contributed by atoms with Gasteiger partial charge in [0.25, 0.3) is 5.91 Å². The van der Waals surface area contributed by atoms with Crippen molar-refractivity contribution in [3.05, 3.63) is 53.7 Å². The van der Waals surface area contributed by atoms with Crippen LogP contribution in [0.2, 0.25) is 0 Å². The van der Waals surface area contributed by atoms with Gasteiger partial charge in [-0.2, -0.15) is 0 Å². The number of carbonyl (C=O) groups is 1. The fraction of sp³-hybridized carbons (Fsp3) is 0.250. The fourth-order valence-electron chi connectivity index (χ4n) is 2.16. The number of nitrogen functional groups attached to an aromatic ring is 1. The number of para-hydroxylation sites is 1. The predicted molar refractivity (Wildman–Crippen MR) is 85.0 cm³/mol. The van der Waals surface area contributed by atoms with E-state index in [0.29, 0.717) is 6.54 Å². The zero-order chi connectivity index (χ0) is 15.2. The van der Waals surface area contributed by atoms with Crippen LogP contribution in [0.25, 0.3) is 0 Å². The van der Waals surface area contributed by atoms with Gasteiger partial charge in [-0.15, -0.1) is 0 Å². The van der Waals surface area contributed by atoms with E-state index in [-0.39, 0.29) is 5.69 Å². The second-order valence-electron chi connectivity index (χ2n) is 4.87. The number of pyridine rings is 1. The van der Waals surface area contributed by atoms with Crippen molar-refractivity contribution in [2.75, 3.05) is 17.2 Å². The van der Waals surface area contributed by atoms with Gasteiger partial charge in [0.15, 0.2) is 0 Å². The molecule has 5 heteroatoms. The summed E-state index contributed by atoms with van der Waals surface area (Å²) < 4.78 is 0. The quantitative estimate of drug-likeness (QED) is 0.796. The van der Waals surface area contributed by atoms with Gasteiger partial charge in [0, 0.05) is 18.8 Å². The molecule has 0 aliphatic carbocycles. The molecule has 0 saturated carbocycles. The molecule has 0 spiro atoms. The highest BCUT2D eigenvalue weighted by atomic mass is 16.1. The number of hydrogen-bond acceptors (Lipinski definition) is 4. The molecule has 0 bridgehead atoms. The van der Waals surface area contributed by atoms with Crippen LogP contribution in [-0.4, -0.2) is 17.4 Å². The van der Waals surface area contributed by atoms with Crippen LogP contribution in [0.1, 0.15) is 29.4 Å². The molecule has 21 heavy (non-hydrogen) atoms. The first kappa shape index (κ1) is 14.8. The highest BCUT2D eigenvalue weighted by molar-refractivity contribution is 5.91.